The number of unbranched alkanes of at least 4 members (excludes halogenated alkanes) is 35. The summed E-state index contributed by atoms with van der Waals surface area (Å²) in [6, 6.07) is 7.68. The molecule has 0 aliphatic heterocycles. The molecule has 0 fully saturated rings. The first-order valence-electron chi connectivity index (χ1n) is 28.3. The van der Waals surface area contributed by atoms with Gasteiger partial charge in [0.2, 0.25) is 0 Å². The first kappa shape index (κ1) is 54.8. The van der Waals surface area contributed by atoms with Gasteiger partial charge in [-0.3, -0.25) is 0 Å². The van der Waals surface area contributed by atoms with Crippen LogP contribution in [0.25, 0.3) is 10.8 Å². The average molecular weight is 830 g/mol. The summed E-state index contributed by atoms with van der Waals surface area (Å²) in [5.74, 6) is 0. The summed E-state index contributed by atoms with van der Waals surface area (Å²) >= 11 is 0. The van der Waals surface area contributed by atoms with Crippen LogP contribution in [0, 0.1) is 0 Å². The van der Waals surface area contributed by atoms with Crippen molar-refractivity contribution >= 4 is 10.8 Å². The fourth-order valence-corrected chi connectivity index (χ4v) is 10.5. The third kappa shape index (κ3) is 25.7. The van der Waals surface area contributed by atoms with E-state index in [1.807, 2.05) is 22.3 Å². The second-order valence-electron chi connectivity index (χ2n) is 19.9. The van der Waals surface area contributed by atoms with Crippen LogP contribution in [-0.2, 0) is 32.1 Å². The summed E-state index contributed by atoms with van der Waals surface area (Å²) in [6.07, 6.45) is 63.2. The molecule has 0 saturated heterocycles. The summed E-state index contributed by atoms with van der Waals surface area (Å²) in [4.78, 5) is 0. The molecule has 0 heterocycles. The molecule has 0 saturated carbocycles. The smallest absolute Gasteiger partial charge is 0.0114 e. The molecule has 0 aromatic heterocycles. The van der Waals surface area contributed by atoms with Gasteiger partial charge < -0.3 is 0 Å². The van der Waals surface area contributed by atoms with Gasteiger partial charge in [0.15, 0.2) is 0 Å². The maximum atomic E-state index is 2.61. The monoisotopic (exact) mass is 829 g/mol. The first-order valence-corrected chi connectivity index (χ1v) is 28.3. The number of rotatable bonds is 45. The molecule has 2 aromatic rings. The Labute approximate surface area is 378 Å². The van der Waals surface area contributed by atoms with Gasteiger partial charge in [0.25, 0.3) is 0 Å². The fourth-order valence-electron chi connectivity index (χ4n) is 10.5. The molecule has 0 N–H and O–H groups in total. The van der Waals surface area contributed by atoms with Crippen LogP contribution >= 0.6 is 0 Å². The van der Waals surface area contributed by atoms with Crippen molar-refractivity contribution in [1.82, 2.24) is 0 Å². The van der Waals surface area contributed by atoms with E-state index in [0.717, 1.165) is 0 Å². The van der Waals surface area contributed by atoms with Crippen LogP contribution in [0.5, 0.6) is 0 Å². The Bertz CT molecular complexity index is 1220. The van der Waals surface area contributed by atoms with Gasteiger partial charge >= 0.3 is 0 Å². The second-order valence-corrected chi connectivity index (χ2v) is 19.9. The van der Waals surface area contributed by atoms with Gasteiger partial charge in [-0.15, -0.1) is 0 Å². The van der Waals surface area contributed by atoms with Crippen LogP contribution < -0.4 is 0 Å². The van der Waals surface area contributed by atoms with E-state index in [9.17, 15) is 0 Å². The molecule has 0 radical (unpaired) electrons. The lowest BCUT2D eigenvalue weighted by atomic mass is 9.79. The predicted octanol–water partition coefficient (Wildman–Crippen LogP) is 21.3. The normalized spacial score (nSPS) is 11.8. The molecule has 0 nitrogen and oxygen atoms in total. The number of aryl methyl sites for hydroxylation is 3. The van der Waals surface area contributed by atoms with Gasteiger partial charge in [-0.1, -0.05) is 278 Å². The van der Waals surface area contributed by atoms with Crippen LogP contribution in [0.3, 0.4) is 0 Å². The third-order valence-electron chi connectivity index (χ3n) is 14.3. The van der Waals surface area contributed by atoms with E-state index in [-0.39, 0.29) is 0 Å². The molecular weight excluding hydrogens is 721 g/mol. The fraction of sp³-hybridized carbons (Fsp3) is 0.833. The number of hydrogen-bond donors (Lipinski definition) is 0. The number of hydrogen-bond acceptors (Lipinski definition) is 0. The molecule has 0 bridgehead atoms. The molecule has 0 atom stereocenters. The molecule has 2 rings (SSSR count). The molecule has 0 aliphatic carbocycles. The molecule has 0 amide bonds. The number of fused-ring (bicyclic) bond motifs is 1. The number of benzene rings is 2. The van der Waals surface area contributed by atoms with Gasteiger partial charge in [-0.25, -0.2) is 0 Å². The Kier molecular flexibility index (Phi) is 37.0. The van der Waals surface area contributed by atoms with E-state index in [1.165, 1.54) is 289 Å². The zero-order valence-electron chi connectivity index (χ0n) is 42.1. The van der Waals surface area contributed by atoms with Gasteiger partial charge in [-0.2, -0.15) is 0 Å². The van der Waals surface area contributed by atoms with Gasteiger partial charge in [0, 0.05) is 0 Å². The van der Waals surface area contributed by atoms with Crippen molar-refractivity contribution in [2.24, 2.45) is 0 Å². The minimum absolute atomic E-state index is 1.28. The third-order valence-corrected chi connectivity index (χ3v) is 14.3. The van der Waals surface area contributed by atoms with Crippen molar-refractivity contribution in [1.29, 1.82) is 0 Å². The Morgan fingerprint density at radius 1 is 0.233 bits per heavy atom. The zero-order chi connectivity index (χ0) is 43.0. The summed E-state index contributed by atoms with van der Waals surface area (Å²) in [5.41, 5.74) is 9.09. The summed E-state index contributed by atoms with van der Waals surface area (Å²) < 4.78 is 0. The Morgan fingerprint density at radius 3 is 0.817 bits per heavy atom. The Morgan fingerprint density at radius 2 is 0.483 bits per heavy atom. The van der Waals surface area contributed by atoms with Crippen LogP contribution in [0.2, 0.25) is 0 Å². The van der Waals surface area contributed by atoms with Gasteiger partial charge in [0.05, 0.1) is 0 Å². The van der Waals surface area contributed by atoms with Crippen molar-refractivity contribution in [2.45, 2.75) is 324 Å². The molecule has 0 heteroatoms. The lowest BCUT2D eigenvalue weighted by Crippen LogP contribution is -2.10. The van der Waals surface area contributed by atoms with Crippen LogP contribution in [-0.4, -0.2) is 0 Å². The highest BCUT2D eigenvalue weighted by Crippen LogP contribution is 2.38. The highest BCUT2D eigenvalue weighted by molar-refractivity contribution is 5.94. The topological polar surface area (TPSA) is 0 Å². The predicted molar refractivity (Wildman–Crippen MR) is 276 cm³/mol. The zero-order valence-corrected chi connectivity index (χ0v) is 42.1. The van der Waals surface area contributed by atoms with Crippen molar-refractivity contribution in [3.05, 3.63) is 46.0 Å². The standard InChI is InChI=1S/C60H108/c1-6-11-16-21-26-31-36-41-47-54-48-46-53-59-57(51-44-39-34-29-24-19-14-9-4)55(49-42-37-32-27-22-17-12-7-2)56(50-43-38-33-28-23-18-13-8-3)58(60(54)59)52-45-40-35-30-25-20-15-10-5/h46,48,53H,6-45,47,49-52H2,1-5H3. The minimum Gasteiger partial charge on any atom is -0.0654 e. The highest BCUT2D eigenvalue weighted by Gasteiger charge is 2.21. The second kappa shape index (κ2) is 40.5. The average Bonchev–Trinajstić information content (AvgIpc) is 3.26. The quantitative estimate of drug-likeness (QED) is 0.0584. The van der Waals surface area contributed by atoms with Crippen molar-refractivity contribution in [3.63, 3.8) is 0 Å². The molecule has 2 aromatic carbocycles. The SMILES string of the molecule is CCCCCCCCCCc1c(CCCCCCCCCC)c(CCCCCCCCCC)c2c(CCCCCCCCCC)cccc2c1CCCCCCCCCC. The molecule has 348 valence electrons. The van der Waals surface area contributed by atoms with Crippen molar-refractivity contribution in [2.75, 3.05) is 0 Å². The van der Waals surface area contributed by atoms with E-state index in [2.05, 4.69) is 52.8 Å². The maximum Gasteiger partial charge on any atom is -0.0114 e. The van der Waals surface area contributed by atoms with Crippen LogP contribution in [0.15, 0.2) is 18.2 Å². The molecule has 60 heavy (non-hydrogen) atoms. The van der Waals surface area contributed by atoms with E-state index in [4.69, 9.17) is 0 Å². The molecular formula is C60H108. The molecule has 0 unspecified atom stereocenters. The largest absolute Gasteiger partial charge is 0.0654 e. The van der Waals surface area contributed by atoms with Crippen molar-refractivity contribution < 1.29 is 0 Å². The molecule has 0 aliphatic rings. The summed E-state index contributed by atoms with van der Waals surface area (Å²) in [6.45, 7) is 11.7. The lowest BCUT2D eigenvalue weighted by Gasteiger charge is -2.25. The van der Waals surface area contributed by atoms with E-state index < -0.39 is 0 Å². The first-order chi connectivity index (χ1) is 29.7. The van der Waals surface area contributed by atoms with Crippen molar-refractivity contribution in [3.8, 4) is 0 Å². The summed E-state index contributed by atoms with van der Waals surface area (Å²) in [5, 5.41) is 3.45. The summed E-state index contributed by atoms with van der Waals surface area (Å²) in [7, 11) is 0. The maximum absolute atomic E-state index is 2.61. The van der Waals surface area contributed by atoms with Gasteiger partial charge in [0.1, 0.15) is 0 Å². The van der Waals surface area contributed by atoms with Gasteiger partial charge in [-0.05, 0) is 103 Å². The van der Waals surface area contributed by atoms with Crippen LogP contribution in [0.4, 0.5) is 0 Å². The van der Waals surface area contributed by atoms with Crippen LogP contribution in [0.1, 0.15) is 319 Å². The Hall–Kier alpha value is -1.30. The Balaban J connectivity index is 2.50. The lowest BCUT2D eigenvalue weighted by molar-refractivity contribution is 0.565. The van der Waals surface area contributed by atoms with E-state index >= 15 is 0 Å². The van der Waals surface area contributed by atoms with E-state index in [1.54, 1.807) is 16.3 Å². The molecule has 0 spiro atoms. The van der Waals surface area contributed by atoms with E-state index in [0.29, 0.717) is 0 Å². The highest BCUT2D eigenvalue weighted by atomic mass is 14.3. The minimum atomic E-state index is 1.28.